The Morgan fingerprint density at radius 1 is 1.40 bits per heavy atom. The Labute approximate surface area is 60.0 Å². The smallest absolute Gasteiger partial charge is 0.122 e. The lowest BCUT2D eigenvalue weighted by Gasteiger charge is -2.13. The minimum absolute atomic E-state index is 0.605. The number of nitrogens with zero attached hydrogens (tertiary/aromatic N) is 1. The van der Waals surface area contributed by atoms with E-state index in [9.17, 15) is 4.91 Å². The van der Waals surface area contributed by atoms with Crippen molar-refractivity contribution in [3.63, 3.8) is 0 Å². The fourth-order valence-electron chi connectivity index (χ4n) is 1.18. The lowest BCUT2D eigenvalue weighted by molar-refractivity contribution is 0.260. The molecule has 0 atom stereocenters. The zero-order valence-electron chi connectivity index (χ0n) is 6.09. The Hall–Kier alpha value is -0.860. The summed E-state index contributed by atoms with van der Waals surface area (Å²) in [6, 6.07) is 0. The summed E-state index contributed by atoms with van der Waals surface area (Å²) < 4.78 is 4.98. The third kappa shape index (κ3) is 1.35. The van der Waals surface area contributed by atoms with E-state index in [0.717, 1.165) is 31.4 Å². The SMILES string of the molecule is COC1=C(N=O)CCCC1. The van der Waals surface area contributed by atoms with Gasteiger partial charge in [-0.15, -0.1) is 4.91 Å². The predicted molar refractivity (Wildman–Crippen MR) is 38.3 cm³/mol. The molecule has 0 radical (unpaired) electrons. The van der Waals surface area contributed by atoms with Crippen LogP contribution in [0.25, 0.3) is 0 Å². The van der Waals surface area contributed by atoms with Gasteiger partial charge in [0.15, 0.2) is 0 Å². The molecule has 0 unspecified atom stereocenters. The van der Waals surface area contributed by atoms with Gasteiger partial charge in [0.25, 0.3) is 0 Å². The molecule has 0 fully saturated rings. The molecule has 1 rings (SSSR count). The van der Waals surface area contributed by atoms with Crippen LogP contribution in [0.1, 0.15) is 25.7 Å². The van der Waals surface area contributed by atoms with Crippen LogP contribution in [0.2, 0.25) is 0 Å². The van der Waals surface area contributed by atoms with Crippen LogP contribution in [-0.2, 0) is 4.74 Å². The van der Waals surface area contributed by atoms with Gasteiger partial charge in [-0.1, -0.05) is 0 Å². The van der Waals surface area contributed by atoms with E-state index in [0.29, 0.717) is 5.70 Å². The standard InChI is InChI=1S/C7H11NO2/c1-10-7-5-3-2-4-6(7)8-9/h2-5H2,1H3. The number of allylic oxidation sites excluding steroid dienone is 2. The Bertz CT molecular complexity index is 163. The largest absolute Gasteiger partial charge is 0.499 e. The second-order valence-electron chi connectivity index (χ2n) is 2.37. The Morgan fingerprint density at radius 3 is 2.60 bits per heavy atom. The highest BCUT2D eigenvalue weighted by Gasteiger charge is 2.12. The molecule has 0 saturated heterocycles. The Kier molecular flexibility index (Phi) is 2.42. The molecular weight excluding hydrogens is 130 g/mol. The Balaban J connectivity index is 2.72. The van der Waals surface area contributed by atoms with Gasteiger partial charge in [-0.05, 0) is 24.4 Å². The fraction of sp³-hybridized carbons (Fsp3) is 0.714. The van der Waals surface area contributed by atoms with E-state index in [4.69, 9.17) is 4.74 Å². The number of hydrogen-bond donors (Lipinski definition) is 0. The van der Waals surface area contributed by atoms with Gasteiger partial charge in [-0.2, -0.15) is 0 Å². The molecule has 0 bridgehead atoms. The first kappa shape index (κ1) is 7.25. The fourth-order valence-corrected chi connectivity index (χ4v) is 1.18. The first-order valence-corrected chi connectivity index (χ1v) is 3.48. The third-order valence-electron chi connectivity index (χ3n) is 1.75. The van der Waals surface area contributed by atoms with Crippen LogP contribution in [0, 0.1) is 4.91 Å². The van der Waals surface area contributed by atoms with Crippen LogP contribution in [0.15, 0.2) is 16.6 Å². The number of ether oxygens (including phenoxy) is 1. The number of rotatable bonds is 2. The summed E-state index contributed by atoms with van der Waals surface area (Å²) in [5, 5.41) is 2.90. The molecule has 0 aromatic heterocycles. The van der Waals surface area contributed by atoms with Crippen molar-refractivity contribution in [1.82, 2.24) is 0 Å². The molecule has 1 aliphatic rings. The summed E-state index contributed by atoms with van der Waals surface area (Å²) in [7, 11) is 1.59. The zero-order valence-corrected chi connectivity index (χ0v) is 6.09. The van der Waals surface area contributed by atoms with Crippen LogP contribution >= 0.6 is 0 Å². The topological polar surface area (TPSA) is 38.7 Å². The molecule has 0 heterocycles. The minimum Gasteiger partial charge on any atom is -0.499 e. The molecule has 56 valence electrons. The summed E-state index contributed by atoms with van der Waals surface area (Å²) in [6.07, 6.45) is 3.83. The monoisotopic (exact) mass is 141 g/mol. The van der Waals surface area contributed by atoms with Crippen LogP contribution in [0.3, 0.4) is 0 Å². The van der Waals surface area contributed by atoms with Crippen LogP contribution in [-0.4, -0.2) is 7.11 Å². The molecule has 0 saturated carbocycles. The van der Waals surface area contributed by atoms with Gasteiger partial charge in [0.1, 0.15) is 11.5 Å². The first-order chi connectivity index (χ1) is 4.88. The predicted octanol–water partition coefficient (Wildman–Crippen LogP) is 2.18. The van der Waals surface area contributed by atoms with Crippen LogP contribution < -0.4 is 0 Å². The third-order valence-corrected chi connectivity index (χ3v) is 1.75. The summed E-state index contributed by atoms with van der Waals surface area (Å²) in [5.74, 6) is 0.779. The summed E-state index contributed by atoms with van der Waals surface area (Å²) in [4.78, 5) is 10.1. The van der Waals surface area contributed by atoms with Crippen LogP contribution in [0.4, 0.5) is 0 Å². The average molecular weight is 141 g/mol. The van der Waals surface area contributed by atoms with Gasteiger partial charge < -0.3 is 4.74 Å². The van der Waals surface area contributed by atoms with E-state index >= 15 is 0 Å². The van der Waals surface area contributed by atoms with Gasteiger partial charge in [0, 0.05) is 6.42 Å². The molecule has 0 aromatic rings. The Morgan fingerprint density at radius 2 is 2.10 bits per heavy atom. The highest BCUT2D eigenvalue weighted by atomic mass is 16.5. The van der Waals surface area contributed by atoms with Crippen molar-refractivity contribution in [1.29, 1.82) is 0 Å². The molecule has 3 nitrogen and oxygen atoms in total. The summed E-state index contributed by atoms with van der Waals surface area (Å²) in [6.45, 7) is 0. The van der Waals surface area contributed by atoms with Crippen molar-refractivity contribution in [3.05, 3.63) is 16.4 Å². The van der Waals surface area contributed by atoms with Crippen LogP contribution in [0.5, 0.6) is 0 Å². The number of methoxy groups -OCH3 is 1. The number of hydrogen-bond acceptors (Lipinski definition) is 3. The molecule has 10 heavy (non-hydrogen) atoms. The summed E-state index contributed by atoms with van der Waals surface area (Å²) >= 11 is 0. The van der Waals surface area contributed by atoms with Crippen molar-refractivity contribution >= 4 is 0 Å². The maximum atomic E-state index is 10.1. The molecule has 3 heteroatoms. The lowest BCUT2D eigenvalue weighted by Crippen LogP contribution is -1.99. The van der Waals surface area contributed by atoms with Gasteiger partial charge >= 0.3 is 0 Å². The second-order valence-corrected chi connectivity index (χ2v) is 2.37. The molecule has 1 aliphatic carbocycles. The lowest BCUT2D eigenvalue weighted by atomic mass is 10.0. The zero-order chi connectivity index (χ0) is 7.40. The highest BCUT2D eigenvalue weighted by molar-refractivity contribution is 5.09. The van der Waals surface area contributed by atoms with Crippen molar-refractivity contribution in [2.24, 2.45) is 5.18 Å². The second kappa shape index (κ2) is 3.34. The first-order valence-electron chi connectivity index (χ1n) is 3.48. The highest BCUT2D eigenvalue weighted by Crippen LogP contribution is 2.25. The molecule has 0 amide bonds. The van der Waals surface area contributed by atoms with Crippen molar-refractivity contribution in [2.45, 2.75) is 25.7 Å². The molecule has 0 N–H and O–H groups in total. The average Bonchev–Trinajstić information content (AvgIpc) is 2.04. The maximum Gasteiger partial charge on any atom is 0.122 e. The van der Waals surface area contributed by atoms with Crippen molar-refractivity contribution < 1.29 is 4.74 Å². The maximum absolute atomic E-state index is 10.1. The number of nitroso groups, excluding NO2 is 1. The summed E-state index contributed by atoms with van der Waals surface area (Å²) in [5.41, 5.74) is 0.605. The van der Waals surface area contributed by atoms with Gasteiger partial charge in [0.05, 0.1) is 7.11 Å². The van der Waals surface area contributed by atoms with Gasteiger partial charge in [0.2, 0.25) is 0 Å². The van der Waals surface area contributed by atoms with Crippen molar-refractivity contribution in [2.75, 3.05) is 7.11 Å². The molecule has 0 spiro atoms. The van der Waals surface area contributed by atoms with Gasteiger partial charge in [-0.25, -0.2) is 0 Å². The van der Waals surface area contributed by atoms with E-state index in [1.54, 1.807) is 7.11 Å². The normalized spacial score (nSPS) is 18.9. The van der Waals surface area contributed by atoms with E-state index in [1.165, 1.54) is 0 Å². The molecule has 0 aliphatic heterocycles. The van der Waals surface area contributed by atoms with Gasteiger partial charge in [-0.3, -0.25) is 0 Å². The van der Waals surface area contributed by atoms with Crippen molar-refractivity contribution in [3.8, 4) is 0 Å². The minimum atomic E-state index is 0.605. The van der Waals surface area contributed by atoms with E-state index in [-0.39, 0.29) is 0 Å². The van der Waals surface area contributed by atoms with E-state index < -0.39 is 0 Å². The van der Waals surface area contributed by atoms with E-state index in [2.05, 4.69) is 5.18 Å². The molecule has 0 aromatic carbocycles. The molecular formula is C7H11NO2. The quantitative estimate of drug-likeness (QED) is 0.553. The van der Waals surface area contributed by atoms with E-state index in [1.807, 2.05) is 0 Å².